The Morgan fingerprint density at radius 3 is 3.00 bits per heavy atom. The third-order valence-electron chi connectivity index (χ3n) is 2.17. The Bertz CT molecular complexity index is 402. The molecule has 1 amide bonds. The van der Waals surface area contributed by atoms with Crippen LogP contribution in [0.2, 0.25) is 0 Å². The topological polar surface area (TPSA) is 64.3 Å². The van der Waals surface area contributed by atoms with Crippen LogP contribution in [0, 0.1) is 0 Å². The fourth-order valence-corrected chi connectivity index (χ4v) is 1.29. The fraction of sp³-hybridized carbons (Fsp3) is 0.308. The van der Waals surface area contributed by atoms with Crippen LogP contribution in [0.25, 0.3) is 0 Å². The van der Waals surface area contributed by atoms with E-state index in [2.05, 4.69) is 11.9 Å². The maximum atomic E-state index is 11.7. The zero-order valence-electron chi connectivity index (χ0n) is 10.0. The predicted molar refractivity (Wildman–Crippen MR) is 69.2 cm³/mol. The number of ether oxygens (including phenoxy) is 1. The lowest BCUT2D eigenvalue weighted by Gasteiger charge is -2.09. The summed E-state index contributed by atoms with van der Waals surface area (Å²) in [6.07, 6.45) is 2.53. The lowest BCUT2D eigenvalue weighted by Crippen LogP contribution is -2.24. The number of nitrogens with one attached hydrogen (secondary N) is 1. The van der Waals surface area contributed by atoms with Gasteiger partial charge in [0.2, 0.25) is 0 Å². The van der Waals surface area contributed by atoms with E-state index in [4.69, 9.17) is 10.5 Å². The number of carbonyl (C=O) groups is 1. The smallest absolute Gasteiger partial charge is 0.251 e. The van der Waals surface area contributed by atoms with Crippen LogP contribution in [0.1, 0.15) is 23.7 Å². The summed E-state index contributed by atoms with van der Waals surface area (Å²) in [5.74, 6) is 0.393. The molecule has 0 aliphatic heterocycles. The van der Waals surface area contributed by atoms with Gasteiger partial charge in [0.25, 0.3) is 5.91 Å². The lowest BCUT2D eigenvalue weighted by molar-refractivity contribution is 0.0953. The zero-order valence-corrected chi connectivity index (χ0v) is 10.0. The Balaban J connectivity index is 2.79. The molecule has 0 fully saturated rings. The number of amides is 1. The number of nitrogens with two attached hydrogens (primary N) is 1. The zero-order chi connectivity index (χ0) is 12.7. The summed E-state index contributed by atoms with van der Waals surface area (Å²) in [4.78, 5) is 11.7. The molecule has 0 aliphatic carbocycles. The normalized spacial score (nSPS) is 9.71. The highest BCUT2D eigenvalue weighted by atomic mass is 16.5. The molecule has 0 heterocycles. The average Bonchev–Trinajstić information content (AvgIpc) is 2.35. The van der Waals surface area contributed by atoms with E-state index in [9.17, 15) is 4.79 Å². The molecule has 0 spiro atoms. The van der Waals surface area contributed by atoms with Gasteiger partial charge in [-0.05, 0) is 24.6 Å². The first-order valence-electron chi connectivity index (χ1n) is 5.60. The number of hydrogen-bond donors (Lipinski definition) is 2. The van der Waals surface area contributed by atoms with Gasteiger partial charge in [-0.15, -0.1) is 0 Å². The van der Waals surface area contributed by atoms with Crippen molar-refractivity contribution in [3.8, 4) is 5.75 Å². The van der Waals surface area contributed by atoms with Crippen molar-refractivity contribution < 1.29 is 9.53 Å². The molecular weight excluding hydrogens is 216 g/mol. The van der Waals surface area contributed by atoms with Crippen molar-refractivity contribution in [2.75, 3.05) is 18.9 Å². The van der Waals surface area contributed by atoms with Gasteiger partial charge in [-0.1, -0.05) is 19.6 Å². The Morgan fingerprint density at radius 1 is 1.59 bits per heavy atom. The molecule has 0 aliphatic rings. The van der Waals surface area contributed by atoms with Crippen LogP contribution in [0.15, 0.2) is 30.9 Å². The maximum absolute atomic E-state index is 11.7. The van der Waals surface area contributed by atoms with Gasteiger partial charge in [0.05, 0.1) is 5.69 Å². The first-order valence-corrected chi connectivity index (χ1v) is 5.60. The molecule has 3 N–H and O–H groups in total. The third kappa shape index (κ3) is 3.83. The van der Waals surface area contributed by atoms with Gasteiger partial charge in [-0.2, -0.15) is 0 Å². The number of carbonyl (C=O) groups excluding carboxylic acids is 1. The molecule has 17 heavy (non-hydrogen) atoms. The minimum absolute atomic E-state index is 0.115. The van der Waals surface area contributed by atoms with Crippen LogP contribution in [0.5, 0.6) is 5.75 Å². The quantitative estimate of drug-likeness (QED) is 0.584. The minimum Gasteiger partial charge on any atom is -0.487 e. The highest BCUT2D eigenvalue weighted by Gasteiger charge is 2.08. The summed E-state index contributed by atoms with van der Waals surface area (Å²) in [6, 6.07) is 4.99. The van der Waals surface area contributed by atoms with Gasteiger partial charge >= 0.3 is 0 Å². The van der Waals surface area contributed by atoms with Gasteiger partial charge in [-0.25, -0.2) is 0 Å². The SMILES string of the molecule is C=CCOc1cc(C(=O)NCCC)ccc1N. The van der Waals surface area contributed by atoms with Crippen molar-refractivity contribution in [3.05, 3.63) is 36.4 Å². The highest BCUT2D eigenvalue weighted by Crippen LogP contribution is 2.22. The van der Waals surface area contributed by atoms with Crippen molar-refractivity contribution in [3.63, 3.8) is 0 Å². The minimum atomic E-state index is -0.115. The standard InChI is InChI=1S/C13H18N2O2/c1-3-7-15-13(16)10-5-6-11(14)12(9-10)17-8-4-2/h4-6,9H,2-3,7-8,14H2,1H3,(H,15,16). The molecule has 1 rings (SSSR count). The fourth-order valence-electron chi connectivity index (χ4n) is 1.29. The molecular formula is C13H18N2O2. The lowest BCUT2D eigenvalue weighted by atomic mass is 10.1. The van der Waals surface area contributed by atoms with E-state index in [1.165, 1.54) is 0 Å². The molecule has 0 saturated carbocycles. The van der Waals surface area contributed by atoms with Crippen molar-refractivity contribution in [1.82, 2.24) is 5.32 Å². The molecule has 1 aromatic rings. The van der Waals surface area contributed by atoms with Gasteiger partial charge in [0.1, 0.15) is 12.4 Å². The van der Waals surface area contributed by atoms with Crippen LogP contribution >= 0.6 is 0 Å². The molecule has 0 aromatic heterocycles. The number of hydrogen-bond acceptors (Lipinski definition) is 3. The van der Waals surface area contributed by atoms with Crippen LogP contribution < -0.4 is 15.8 Å². The number of rotatable bonds is 6. The van der Waals surface area contributed by atoms with E-state index < -0.39 is 0 Å². The van der Waals surface area contributed by atoms with E-state index in [-0.39, 0.29) is 5.91 Å². The van der Waals surface area contributed by atoms with Gasteiger partial charge in [-0.3, -0.25) is 4.79 Å². The Morgan fingerprint density at radius 2 is 2.35 bits per heavy atom. The molecule has 0 unspecified atom stereocenters. The largest absolute Gasteiger partial charge is 0.487 e. The molecule has 4 nitrogen and oxygen atoms in total. The van der Waals surface area contributed by atoms with Crippen LogP contribution in [0.3, 0.4) is 0 Å². The summed E-state index contributed by atoms with van der Waals surface area (Å²) < 4.78 is 5.36. The van der Waals surface area contributed by atoms with Crippen molar-refractivity contribution >= 4 is 11.6 Å². The second-order valence-corrected chi connectivity index (χ2v) is 3.61. The maximum Gasteiger partial charge on any atom is 0.251 e. The summed E-state index contributed by atoms with van der Waals surface area (Å²) in [6.45, 7) is 6.58. The molecule has 92 valence electrons. The molecule has 0 atom stereocenters. The first kappa shape index (κ1) is 13.1. The predicted octanol–water partition coefficient (Wildman–Crippen LogP) is 1.97. The van der Waals surface area contributed by atoms with Crippen molar-refractivity contribution in [2.45, 2.75) is 13.3 Å². The van der Waals surface area contributed by atoms with E-state index in [0.29, 0.717) is 30.2 Å². The second-order valence-electron chi connectivity index (χ2n) is 3.61. The van der Waals surface area contributed by atoms with E-state index in [1.807, 2.05) is 6.92 Å². The Labute approximate surface area is 101 Å². The van der Waals surface area contributed by atoms with E-state index >= 15 is 0 Å². The van der Waals surface area contributed by atoms with Gasteiger partial charge < -0.3 is 15.8 Å². The number of nitrogen functional groups attached to an aromatic ring is 1. The number of benzene rings is 1. The van der Waals surface area contributed by atoms with Crippen LogP contribution in [-0.2, 0) is 0 Å². The van der Waals surface area contributed by atoms with Gasteiger partial charge in [0, 0.05) is 12.1 Å². The molecule has 1 aromatic carbocycles. The highest BCUT2D eigenvalue weighted by molar-refractivity contribution is 5.95. The summed E-state index contributed by atoms with van der Waals surface area (Å²) in [5, 5.41) is 2.80. The molecule has 4 heteroatoms. The molecule has 0 radical (unpaired) electrons. The first-order chi connectivity index (χ1) is 8.19. The summed E-state index contributed by atoms with van der Waals surface area (Å²) >= 11 is 0. The Hall–Kier alpha value is -1.97. The van der Waals surface area contributed by atoms with Crippen LogP contribution in [-0.4, -0.2) is 19.1 Å². The van der Waals surface area contributed by atoms with Crippen molar-refractivity contribution in [1.29, 1.82) is 0 Å². The average molecular weight is 234 g/mol. The summed E-state index contributed by atoms with van der Waals surface area (Å²) in [7, 11) is 0. The molecule has 0 saturated heterocycles. The third-order valence-corrected chi connectivity index (χ3v) is 2.17. The summed E-state index contributed by atoms with van der Waals surface area (Å²) in [5.41, 5.74) is 6.80. The van der Waals surface area contributed by atoms with Gasteiger partial charge in [0.15, 0.2) is 0 Å². The Kier molecular flexibility index (Phi) is 5.07. The van der Waals surface area contributed by atoms with Crippen LogP contribution in [0.4, 0.5) is 5.69 Å². The monoisotopic (exact) mass is 234 g/mol. The molecule has 0 bridgehead atoms. The number of anilines is 1. The van der Waals surface area contributed by atoms with Crippen molar-refractivity contribution in [2.24, 2.45) is 0 Å². The second kappa shape index (κ2) is 6.58. The van der Waals surface area contributed by atoms with E-state index in [1.54, 1.807) is 24.3 Å². The van der Waals surface area contributed by atoms with E-state index in [0.717, 1.165) is 6.42 Å².